The van der Waals surface area contributed by atoms with Crippen molar-refractivity contribution in [3.8, 4) is 0 Å². The second-order valence-electron chi connectivity index (χ2n) is 8.29. The number of hydrogen-bond acceptors (Lipinski definition) is 5. The fraction of sp³-hybridized carbons (Fsp3) is 0.192. The van der Waals surface area contributed by atoms with Crippen molar-refractivity contribution >= 4 is 49.5 Å². The van der Waals surface area contributed by atoms with E-state index in [1.807, 2.05) is 12.4 Å². The topological polar surface area (TPSA) is 47.2 Å². The van der Waals surface area contributed by atoms with Gasteiger partial charge in [0.15, 0.2) is 0 Å². The maximum Gasteiger partial charge on any atom is 0.125 e. The van der Waals surface area contributed by atoms with Crippen LogP contribution in [0.4, 0.5) is 17.1 Å². The lowest BCUT2D eigenvalue weighted by Crippen LogP contribution is -2.45. The van der Waals surface area contributed by atoms with Crippen LogP contribution in [0.5, 0.6) is 0 Å². The maximum absolute atomic E-state index is 4.64. The minimum absolute atomic E-state index is 0.985. The molecule has 6 heteroatoms. The van der Waals surface area contributed by atoms with Crippen LogP contribution >= 0.6 is 11.3 Å². The summed E-state index contributed by atoms with van der Waals surface area (Å²) in [5, 5.41) is 6.01. The largest absolute Gasteiger partial charge is 0.369 e. The number of H-pyrrole nitrogens is 1. The number of hydrogen-bond donors (Lipinski definition) is 2. The molecule has 2 aromatic carbocycles. The molecular formula is C26H25N5S. The Labute approximate surface area is 191 Å². The first-order chi connectivity index (χ1) is 15.8. The molecule has 5 aromatic rings. The van der Waals surface area contributed by atoms with Crippen LogP contribution in [0.2, 0.25) is 0 Å². The van der Waals surface area contributed by atoms with Crippen molar-refractivity contribution in [1.82, 2.24) is 14.9 Å². The molecule has 1 fully saturated rings. The number of aromatic nitrogens is 2. The molecule has 1 aliphatic rings. The molecule has 0 aliphatic carbocycles. The molecule has 0 atom stereocenters. The molecule has 0 unspecified atom stereocenters. The smallest absolute Gasteiger partial charge is 0.125 e. The minimum atomic E-state index is 0.985. The zero-order valence-corrected chi connectivity index (χ0v) is 18.6. The number of para-hydroxylation sites is 1. The molecule has 4 heterocycles. The third kappa shape index (κ3) is 3.83. The molecule has 0 spiro atoms. The number of rotatable bonds is 5. The molecule has 3 aromatic heterocycles. The van der Waals surface area contributed by atoms with Gasteiger partial charge in [0.25, 0.3) is 0 Å². The zero-order valence-electron chi connectivity index (χ0n) is 17.8. The lowest BCUT2D eigenvalue weighted by atomic mass is 10.2. The van der Waals surface area contributed by atoms with Crippen LogP contribution in [0, 0.1) is 0 Å². The molecule has 1 saturated heterocycles. The van der Waals surface area contributed by atoms with Gasteiger partial charge in [-0.05, 0) is 48.5 Å². The van der Waals surface area contributed by atoms with Crippen molar-refractivity contribution < 1.29 is 0 Å². The van der Waals surface area contributed by atoms with Crippen LogP contribution in [0.1, 0.15) is 4.88 Å². The normalized spacial score (nSPS) is 14.9. The van der Waals surface area contributed by atoms with E-state index in [1.165, 1.54) is 21.3 Å². The van der Waals surface area contributed by atoms with Gasteiger partial charge in [-0.15, -0.1) is 11.3 Å². The number of benzene rings is 2. The summed E-state index contributed by atoms with van der Waals surface area (Å²) in [6.45, 7) is 5.29. The van der Waals surface area contributed by atoms with E-state index in [-0.39, 0.29) is 0 Å². The second kappa shape index (κ2) is 8.30. The van der Waals surface area contributed by atoms with E-state index in [1.54, 1.807) is 11.3 Å². The van der Waals surface area contributed by atoms with E-state index in [2.05, 4.69) is 91.8 Å². The fourth-order valence-electron chi connectivity index (χ4n) is 4.49. The first-order valence-corrected chi connectivity index (χ1v) is 11.9. The molecule has 5 nitrogen and oxygen atoms in total. The highest BCUT2D eigenvalue weighted by Crippen LogP contribution is 2.33. The summed E-state index contributed by atoms with van der Waals surface area (Å²) in [6.07, 6.45) is 3.88. The van der Waals surface area contributed by atoms with Gasteiger partial charge in [-0.25, -0.2) is 4.98 Å². The maximum atomic E-state index is 4.64. The van der Waals surface area contributed by atoms with E-state index in [0.29, 0.717) is 0 Å². The molecular weight excluding hydrogens is 414 g/mol. The van der Waals surface area contributed by atoms with Gasteiger partial charge < -0.3 is 15.2 Å². The summed E-state index contributed by atoms with van der Waals surface area (Å²) in [5.41, 5.74) is 4.68. The first-order valence-electron chi connectivity index (χ1n) is 11.1. The van der Waals surface area contributed by atoms with E-state index >= 15 is 0 Å². The summed E-state index contributed by atoms with van der Waals surface area (Å²) < 4.78 is 0. The third-order valence-electron chi connectivity index (χ3n) is 6.19. The van der Waals surface area contributed by atoms with Crippen LogP contribution in [0.15, 0.2) is 79.1 Å². The predicted octanol–water partition coefficient (Wildman–Crippen LogP) is 5.84. The number of thiophene rings is 1. The monoisotopic (exact) mass is 439 g/mol. The minimum Gasteiger partial charge on any atom is -0.369 e. The Hall–Kier alpha value is -3.35. The Balaban J connectivity index is 1.17. The average Bonchev–Trinajstić information content (AvgIpc) is 3.47. The molecule has 0 amide bonds. The second-order valence-corrected chi connectivity index (χ2v) is 9.41. The Bertz CT molecular complexity index is 1350. The summed E-state index contributed by atoms with van der Waals surface area (Å²) in [7, 11) is 0. The predicted molar refractivity (Wildman–Crippen MR) is 135 cm³/mol. The van der Waals surface area contributed by atoms with Crippen LogP contribution in [-0.4, -0.2) is 41.0 Å². The van der Waals surface area contributed by atoms with Crippen LogP contribution < -0.4 is 10.2 Å². The van der Waals surface area contributed by atoms with Gasteiger partial charge in [-0.2, -0.15) is 0 Å². The van der Waals surface area contributed by atoms with Crippen LogP contribution in [0.25, 0.3) is 21.1 Å². The highest BCUT2D eigenvalue weighted by molar-refractivity contribution is 7.18. The fourth-order valence-corrected chi connectivity index (χ4v) is 5.55. The Morgan fingerprint density at radius 1 is 0.938 bits per heavy atom. The third-order valence-corrected chi connectivity index (χ3v) is 7.22. The van der Waals surface area contributed by atoms with Crippen molar-refractivity contribution in [3.05, 3.63) is 84.0 Å². The highest BCUT2D eigenvalue weighted by atomic mass is 32.1. The van der Waals surface area contributed by atoms with E-state index in [0.717, 1.165) is 54.4 Å². The van der Waals surface area contributed by atoms with Crippen molar-refractivity contribution in [1.29, 1.82) is 0 Å². The number of piperazine rings is 1. The standard InChI is InChI=1S/C26H25N5S/c1-2-4-21(5-3-1)31-14-12-30(13-15-31)18-22-17-23-25(9-11-28-26(23)32-22)29-20-6-7-24-19(16-20)8-10-27-24/h1-11,16-17,27H,12-15,18H2,(H,28,29). The van der Waals surface area contributed by atoms with E-state index in [9.17, 15) is 0 Å². The molecule has 32 heavy (non-hydrogen) atoms. The van der Waals surface area contributed by atoms with Gasteiger partial charge in [-0.1, -0.05) is 18.2 Å². The Kier molecular flexibility index (Phi) is 5.02. The summed E-state index contributed by atoms with van der Waals surface area (Å²) in [4.78, 5) is 15.4. The number of nitrogens with one attached hydrogen (secondary N) is 2. The van der Waals surface area contributed by atoms with Crippen molar-refractivity contribution in [2.45, 2.75) is 6.54 Å². The molecule has 0 bridgehead atoms. The molecule has 0 saturated carbocycles. The van der Waals surface area contributed by atoms with Gasteiger partial charge >= 0.3 is 0 Å². The highest BCUT2D eigenvalue weighted by Gasteiger charge is 2.18. The Morgan fingerprint density at radius 3 is 2.69 bits per heavy atom. The number of pyridine rings is 1. The summed E-state index contributed by atoms with van der Waals surface area (Å²) in [6, 6.07) is 23.6. The van der Waals surface area contributed by atoms with Crippen LogP contribution in [0.3, 0.4) is 0 Å². The van der Waals surface area contributed by atoms with Crippen molar-refractivity contribution in [3.63, 3.8) is 0 Å². The van der Waals surface area contributed by atoms with E-state index < -0.39 is 0 Å². The summed E-state index contributed by atoms with van der Waals surface area (Å²) in [5.74, 6) is 0. The summed E-state index contributed by atoms with van der Waals surface area (Å²) >= 11 is 1.81. The SMILES string of the molecule is c1ccc(N2CCN(Cc3cc4c(Nc5ccc6[nH]ccc6c5)ccnc4s3)CC2)cc1. The molecule has 2 N–H and O–H groups in total. The van der Waals surface area contributed by atoms with E-state index in [4.69, 9.17) is 0 Å². The first kappa shape index (κ1) is 19.3. The van der Waals surface area contributed by atoms with Crippen LogP contribution in [-0.2, 0) is 6.54 Å². The van der Waals surface area contributed by atoms with Gasteiger partial charge in [0.2, 0.25) is 0 Å². The number of fused-ring (bicyclic) bond motifs is 2. The van der Waals surface area contributed by atoms with Gasteiger partial charge in [0, 0.05) is 77.7 Å². The zero-order chi connectivity index (χ0) is 21.3. The lowest BCUT2D eigenvalue weighted by molar-refractivity contribution is 0.252. The lowest BCUT2D eigenvalue weighted by Gasteiger charge is -2.35. The van der Waals surface area contributed by atoms with Gasteiger partial charge in [-0.3, -0.25) is 4.90 Å². The number of anilines is 3. The van der Waals surface area contributed by atoms with Crippen molar-refractivity contribution in [2.75, 3.05) is 36.4 Å². The number of aromatic amines is 1. The quantitative estimate of drug-likeness (QED) is 0.361. The Morgan fingerprint density at radius 2 is 1.81 bits per heavy atom. The van der Waals surface area contributed by atoms with Crippen molar-refractivity contribution in [2.24, 2.45) is 0 Å². The molecule has 160 valence electrons. The van der Waals surface area contributed by atoms with Gasteiger partial charge in [0.05, 0.1) is 5.69 Å². The molecule has 1 aliphatic heterocycles. The molecule has 6 rings (SSSR count). The average molecular weight is 440 g/mol. The number of nitrogens with zero attached hydrogens (tertiary/aromatic N) is 3. The molecule has 0 radical (unpaired) electrons. The van der Waals surface area contributed by atoms with Gasteiger partial charge in [0.1, 0.15) is 4.83 Å².